The average Bonchev–Trinajstić information content (AvgIpc) is 2.79. The second-order valence-corrected chi connectivity index (χ2v) is 8.34. The van der Waals surface area contributed by atoms with Gasteiger partial charge in [0.25, 0.3) is 0 Å². The molecule has 1 aliphatic rings. The van der Waals surface area contributed by atoms with Crippen LogP contribution in [-0.4, -0.2) is 25.7 Å². The molecule has 2 atom stereocenters. The molecule has 0 amide bonds. The second-order valence-electron chi connectivity index (χ2n) is 6.63. The fourth-order valence-electron chi connectivity index (χ4n) is 3.22. The van der Waals surface area contributed by atoms with E-state index in [-0.39, 0.29) is 22.6 Å². The van der Waals surface area contributed by atoms with Crippen molar-refractivity contribution in [1.29, 1.82) is 0 Å². The maximum atomic E-state index is 13.9. The first kappa shape index (κ1) is 18.9. The van der Waals surface area contributed by atoms with E-state index in [0.717, 1.165) is 18.6 Å². The van der Waals surface area contributed by atoms with Crippen LogP contribution in [0.5, 0.6) is 0 Å². The Morgan fingerprint density at radius 2 is 1.69 bits per heavy atom. The lowest BCUT2D eigenvalue weighted by molar-refractivity contribution is 0.157. The van der Waals surface area contributed by atoms with Crippen LogP contribution in [0.4, 0.5) is 8.78 Å². The summed E-state index contributed by atoms with van der Waals surface area (Å²) in [5, 5.41) is 9.67. The van der Waals surface area contributed by atoms with Crippen LogP contribution in [-0.2, 0) is 10.0 Å². The van der Waals surface area contributed by atoms with Gasteiger partial charge >= 0.3 is 0 Å². The highest BCUT2D eigenvalue weighted by Crippen LogP contribution is 2.25. The largest absolute Gasteiger partial charge is 0.393 e. The Bertz CT molecular complexity index is 869. The number of aliphatic hydroxyl groups excluding tert-OH is 1. The standard InChI is InChI=1S/C19H21F2NO3S/c20-14-6-11-18(19(21)12-14)13-4-9-17(10-5-13)26(24,25)22-15-2-1-3-16(23)8-7-15/h4-6,9-12,15-16,22-23H,1-3,7-8H2/t15-,16+/m0/s1. The quantitative estimate of drug-likeness (QED) is 0.796. The summed E-state index contributed by atoms with van der Waals surface area (Å²) in [4.78, 5) is 0.0913. The number of aliphatic hydroxyl groups is 1. The summed E-state index contributed by atoms with van der Waals surface area (Å²) in [7, 11) is -3.69. The van der Waals surface area contributed by atoms with E-state index in [0.29, 0.717) is 31.2 Å². The molecule has 140 valence electrons. The van der Waals surface area contributed by atoms with Gasteiger partial charge in [0.2, 0.25) is 10.0 Å². The summed E-state index contributed by atoms with van der Waals surface area (Å²) in [5.41, 5.74) is 0.681. The van der Waals surface area contributed by atoms with Gasteiger partial charge in [0.15, 0.2) is 0 Å². The second kappa shape index (κ2) is 7.82. The summed E-state index contributed by atoms with van der Waals surface area (Å²) < 4.78 is 54.7. The van der Waals surface area contributed by atoms with E-state index in [9.17, 15) is 22.3 Å². The van der Waals surface area contributed by atoms with E-state index in [1.807, 2.05) is 0 Å². The predicted molar refractivity (Wildman–Crippen MR) is 95.0 cm³/mol. The van der Waals surface area contributed by atoms with Crippen molar-refractivity contribution in [2.45, 2.75) is 49.1 Å². The highest BCUT2D eigenvalue weighted by atomic mass is 32.2. The molecule has 0 aromatic heterocycles. The number of hydrogen-bond acceptors (Lipinski definition) is 3. The summed E-state index contributed by atoms with van der Waals surface area (Å²) in [5.74, 6) is -1.36. The minimum Gasteiger partial charge on any atom is -0.393 e. The van der Waals surface area contributed by atoms with Gasteiger partial charge in [-0.1, -0.05) is 12.1 Å². The lowest BCUT2D eigenvalue weighted by Gasteiger charge is -2.16. The maximum Gasteiger partial charge on any atom is 0.240 e. The zero-order chi connectivity index (χ0) is 18.7. The van der Waals surface area contributed by atoms with Crippen LogP contribution in [0.2, 0.25) is 0 Å². The van der Waals surface area contributed by atoms with E-state index in [2.05, 4.69) is 4.72 Å². The number of hydrogen-bond donors (Lipinski definition) is 2. The molecule has 1 saturated carbocycles. The average molecular weight is 381 g/mol. The molecule has 1 aliphatic carbocycles. The van der Waals surface area contributed by atoms with Gasteiger partial charge in [-0.25, -0.2) is 21.9 Å². The van der Waals surface area contributed by atoms with E-state index in [4.69, 9.17) is 0 Å². The summed E-state index contributed by atoms with van der Waals surface area (Å²) in [6.07, 6.45) is 2.96. The van der Waals surface area contributed by atoms with Crippen molar-refractivity contribution in [3.63, 3.8) is 0 Å². The molecule has 0 saturated heterocycles. The number of sulfonamides is 1. The lowest BCUT2D eigenvalue weighted by atomic mass is 10.1. The van der Waals surface area contributed by atoms with Gasteiger partial charge in [0.1, 0.15) is 11.6 Å². The molecule has 2 N–H and O–H groups in total. The van der Waals surface area contributed by atoms with Crippen molar-refractivity contribution >= 4 is 10.0 Å². The highest BCUT2D eigenvalue weighted by Gasteiger charge is 2.23. The van der Waals surface area contributed by atoms with Crippen LogP contribution in [0.25, 0.3) is 11.1 Å². The fourth-order valence-corrected chi connectivity index (χ4v) is 4.53. The van der Waals surface area contributed by atoms with E-state index in [1.54, 1.807) is 0 Å². The van der Waals surface area contributed by atoms with Crippen molar-refractivity contribution in [1.82, 2.24) is 4.72 Å². The third-order valence-corrected chi connectivity index (χ3v) is 6.20. The van der Waals surface area contributed by atoms with Gasteiger partial charge in [0, 0.05) is 17.7 Å². The van der Waals surface area contributed by atoms with Crippen LogP contribution >= 0.6 is 0 Å². The van der Waals surface area contributed by atoms with Gasteiger partial charge in [-0.2, -0.15) is 0 Å². The minimum atomic E-state index is -3.69. The Balaban J connectivity index is 1.76. The molecule has 1 fully saturated rings. The van der Waals surface area contributed by atoms with Gasteiger partial charge in [0.05, 0.1) is 11.0 Å². The molecule has 7 heteroatoms. The SMILES string of the molecule is O=S(=O)(N[C@H]1CCC[C@@H](O)CC1)c1ccc(-c2ccc(F)cc2F)cc1. The first-order chi connectivity index (χ1) is 12.3. The lowest BCUT2D eigenvalue weighted by Crippen LogP contribution is -2.34. The predicted octanol–water partition coefficient (Wildman–Crippen LogP) is 3.60. The topological polar surface area (TPSA) is 66.4 Å². The molecular weight excluding hydrogens is 360 g/mol. The number of halogens is 2. The molecule has 0 radical (unpaired) electrons. The molecule has 0 heterocycles. The van der Waals surface area contributed by atoms with Crippen molar-refractivity contribution in [2.24, 2.45) is 0 Å². The van der Waals surface area contributed by atoms with E-state index < -0.39 is 21.7 Å². The van der Waals surface area contributed by atoms with Gasteiger partial charge in [-0.05, 0) is 61.9 Å². The molecule has 26 heavy (non-hydrogen) atoms. The summed E-state index contributed by atoms with van der Waals surface area (Å²) in [6, 6.07) is 8.89. The minimum absolute atomic E-state index is 0.0913. The number of rotatable bonds is 4. The number of nitrogens with one attached hydrogen (secondary N) is 1. The molecule has 2 aromatic rings. The summed E-state index contributed by atoms with van der Waals surface area (Å²) >= 11 is 0. The Kier molecular flexibility index (Phi) is 5.70. The Hall–Kier alpha value is -1.83. The fraction of sp³-hybridized carbons (Fsp3) is 0.368. The molecule has 4 nitrogen and oxygen atoms in total. The third kappa shape index (κ3) is 4.47. The monoisotopic (exact) mass is 381 g/mol. The van der Waals surface area contributed by atoms with Crippen LogP contribution < -0.4 is 4.72 Å². The van der Waals surface area contributed by atoms with E-state index >= 15 is 0 Å². The van der Waals surface area contributed by atoms with Gasteiger partial charge < -0.3 is 5.11 Å². The van der Waals surface area contributed by atoms with Crippen LogP contribution in [0.3, 0.4) is 0 Å². The van der Waals surface area contributed by atoms with Gasteiger partial charge in [-0.15, -0.1) is 0 Å². The highest BCUT2D eigenvalue weighted by molar-refractivity contribution is 7.89. The maximum absolute atomic E-state index is 13.9. The Morgan fingerprint density at radius 3 is 2.38 bits per heavy atom. The van der Waals surface area contributed by atoms with Crippen molar-refractivity contribution in [2.75, 3.05) is 0 Å². The third-order valence-electron chi connectivity index (χ3n) is 4.67. The first-order valence-electron chi connectivity index (χ1n) is 8.61. The van der Waals surface area contributed by atoms with Crippen LogP contribution in [0.15, 0.2) is 47.4 Å². The molecular formula is C19H21F2NO3S. The first-order valence-corrected chi connectivity index (χ1v) is 10.1. The zero-order valence-electron chi connectivity index (χ0n) is 14.2. The molecule has 3 rings (SSSR count). The molecule has 0 spiro atoms. The van der Waals surface area contributed by atoms with Crippen molar-refractivity contribution in [3.8, 4) is 11.1 Å². The zero-order valence-corrected chi connectivity index (χ0v) is 15.0. The molecule has 0 bridgehead atoms. The smallest absolute Gasteiger partial charge is 0.240 e. The summed E-state index contributed by atoms with van der Waals surface area (Å²) in [6.45, 7) is 0. The van der Waals surface area contributed by atoms with Gasteiger partial charge in [-0.3, -0.25) is 0 Å². The number of benzene rings is 2. The van der Waals surface area contributed by atoms with Crippen LogP contribution in [0, 0.1) is 11.6 Å². The molecule has 2 aromatic carbocycles. The van der Waals surface area contributed by atoms with Crippen LogP contribution in [0.1, 0.15) is 32.1 Å². The Labute approximate surface area is 151 Å². The van der Waals surface area contributed by atoms with Crippen molar-refractivity contribution < 1.29 is 22.3 Å². The normalized spacial score (nSPS) is 21.3. The molecule has 0 aliphatic heterocycles. The van der Waals surface area contributed by atoms with E-state index in [1.165, 1.54) is 30.3 Å². The molecule has 0 unspecified atom stereocenters. The van der Waals surface area contributed by atoms with Crippen molar-refractivity contribution in [3.05, 3.63) is 54.1 Å². The Morgan fingerprint density at radius 1 is 0.962 bits per heavy atom.